The fourth-order valence-electron chi connectivity index (χ4n) is 3.24. The Kier molecular flexibility index (Phi) is 9.53. The highest BCUT2D eigenvalue weighted by Crippen LogP contribution is 2.16. The lowest BCUT2D eigenvalue weighted by Crippen LogP contribution is -2.46. The molecule has 8 heteroatoms. The van der Waals surface area contributed by atoms with Crippen molar-refractivity contribution < 1.29 is 0 Å². The zero-order valence-electron chi connectivity index (χ0n) is 16.3. The maximum absolute atomic E-state index is 4.91. The number of aryl methyl sites for hydroxylation is 1. The number of rotatable bonds is 7. The number of likely N-dealkylation sites (tertiary alicyclic amines) is 1. The van der Waals surface area contributed by atoms with Crippen molar-refractivity contribution in [2.45, 2.75) is 46.1 Å². The van der Waals surface area contributed by atoms with E-state index in [2.05, 4.69) is 56.3 Å². The van der Waals surface area contributed by atoms with Crippen LogP contribution in [0.2, 0.25) is 0 Å². The highest BCUT2D eigenvalue weighted by atomic mass is 127. The number of aromatic nitrogens is 3. The molecule has 3 heterocycles. The predicted molar refractivity (Wildman–Crippen MR) is 123 cm³/mol. The molecule has 1 fully saturated rings. The van der Waals surface area contributed by atoms with Gasteiger partial charge in [-0.1, -0.05) is 19.9 Å². The number of halogens is 1. The van der Waals surface area contributed by atoms with E-state index in [0.29, 0.717) is 0 Å². The van der Waals surface area contributed by atoms with Gasteiger partial charge in [0.2, 0.25) is 0 Å². The van der Waals surface area contributed by atoms with Crippen molar-refractivity contribution in [2.24, 2.45) is 10.9 Å². The molecular weight excluding hydrogens is 471 g/mol. The smallest absolute Gasteiger partial charge is 0.193 e. The lowest BCUT2D eigenvalue weighted by atomic mass is 10.00. The van der Waals surface area contributed by atoms with Gasteiger partial charge in [0.15, 0.2) is 5.96 Å². The largest absolute Gasteiger partial charge is 0.354 e. The van der Waals surface area contributed by atoms with Crippen LogP contribution in [0.25, 0.3) is 0 Å². The van der Waals surface area contributed by atoms with Gasteiger partial charge in [-0.2, -0.15) is 0 Å². The van der Waals surface area contributed by atoms with E-state index in [1.54, 1.807) is 0 Å². The Bertz CT molecular complexity index is 676. The number of aliphatic imine (C=N–C) groups is 1. The molecule has 1 aliphatic heterocycles. The van der Waals surface area contributed by atoms with Gasteiger partial charge in [-0.3, -0.25) is 4.99 Å². The summed E-state index contributed by atoms with van der Waals surface area (Å²) < 4.78 is 2.12. The molecule has 1 aliphatic rings. The molecule has 1 N–H and O–H groups in total. The summed E-state index contributed by atoms with van der Waals surface area (Å²) in [6.07, 6.45) is 6.23. The average Bonchev–Trinajstić information content (AvgIpc) is 3.32. The summed E-state index contributed by atoms with van der Waals surface area (Å²) in [5.41, 5.74) is 0. The molecule has 0 amide bonds. The highest BCUT2D eigenvalue weighted by Gasteiger charge is 2.18. The fraction of sp³-hybridized carbons (Fsp3) is 0.632. The minimum atomic E-state index is 0. The van der Waals surface area contributed by atoms with Crippen LogP contribution in [0.3, 0.4) is 0 Å². The lowest BCUT2D eigenvalue weighted by Gasteiger charge is -2.33. The third-order valence-electron chi connectivity index (χ3n) is 4.93. The van der Waals surface area contributed by atoms with E-state index >= 15 is 0 Å². The van der Waals surface area contributed by atoms with Crippen LogP contribution in [0.5, 0.6) is 0 Å². The molecule has 6 nitrogen and oxygen atoms in total. The molecule has 0 spiro atoms. The van der Waals surface area contributed by atoms with Crippen LogP contribution in [-0.4, -0.2) is 51.8 Å². The molecule has 0 atom stereocenters. The number of hydrogen-bond acceptors (Lipinski definition) is 4. The maximum atomic E-state index is 4.91. The summed E-state index contributed by atoms with van der Waals surface area (Å²) in [5.74, 6) is 2.91. The second-order valence-corrected chi connectivity index (χ2v) is 7.96. The van der Waals surface area contributed by atoms with Crippen LogP contribution >= 0.6 is 35.3 Å². The third kappa shape index (κ3) is 6.74. The Hall–Kier alpha value is -1.16. The number of nitrogens with one attached hydrogen (secondary N) is 1. The van der Waals surface area contributed by atoms with Crippen LogP contribution in [0.4, 0.5) is 0 Å². The van der Waals surface area contributed by atoms with E-state index in [-0.39, 0.29) is 24.0 Å². The number of piperidine rings is 1. The first-order valence-corrected chi connectivity index (χ1v) is 10.6. The highest BCUT2D eigenvalue weighted by molar-refractivity contribution is 14.0. The van der Waals surface area contributed by atoms with Crippen molar-refractivity contribution in [3.63, 3.8) is 0 Å². The Labute approximate surface area is 183 Å². The Morgan fingerprint density at radius 3 is 2.89 bits per heavy atom. The summed E-state index contributed by atoms with van der Waals surface area (Å²) in [6, 6.07) is 4.30. The van der Waals surface area contributed by atoms with Crippen molar-refractivity contribution in [3.8, 4) is 0 Å². The molecule has 2 aromatic rings. The topological polar surface area (TPSA) is 58.3 Å². The van der Waals surface area contributed by atoms with Gasteiger partial charge in [-0.15, -0.1) is 45.5 Å². The van der Waals surface area contributed by atoms with Crippen molar-refractivity contribution in [3.05, 3.63) is 34.5 Å². The van der Waals surface area contributed by atoms with E-state index in [1.807, 2.05) is 17.7 Å². The van der Waals surface area contributed by atoms with E-state index < -0.39 is 0 Å². The van der Waals surface area contributed by atoms with Crippen molar-refractivity contribution in [1.29, 1.82) is 0 Å². The molecule has 0 bridgehead atoms. The first-order valence-electron chi connectivity index (χ1n) is 9.68. The average molecular weight is 502 g/mol. The minimum Gasteiger partial charge on any atom is -0.354 e. The summed E-state index contributed by atoms with van der Waals surface area (Å²) in [5, 5.41) is 13.9. The van der Waals surface area contributed by atoms with E-state index in [9.17, 15) is 0 Å². The van der Waals surface area contributed by atoms with Gasteiger partial charge in [0, 0.05) is 50.4 Å². The summed E-state index contributed by atoms with van der Waals surface area (Å²) in [7, 11) is 0. The molecule has 2 aromatic heterocycles. The van der Waals surface area contributed by atoms with Gasteiger partial charge in [0.25, 0.3) is 0 Å². The number of guanidine groups is 1. The monoisotopic (exact) mass is 502 g/mol. The molecule has 0 aliphatic carbocycles. The summed E-state index contributed by atoms with van der Waals surface area (Å²) >= 11 is 1.81. The van der Waals surface area contributed by atoms with Gasteiger partial charge >= 0.3 is 0 Å². The zero-order chi connectivity index (χ0) is 18.2. The zero-order valence-corrected chi connectivity index (χ0v) is 19.5. The Morgan fingerprint density at radius 1 is 1.37 bits per heavy atom. The van der Waals surface area contributed by atoms with Gasteiger partial charge < -0.3 is 14.8 Å². The SMILES string of the molecule is CCc1nncn1CCNC(=NCCc1cccs1)N1CCC(C)CC1.I. The Balaban J connectivity index is 0.00000261. The van der Waals surface area contributed by atoms with Crippen LogP contribution in [0, 0.1) is 5.92 Å². The molecule has 150 valence electrons. The standard InChI is InChI=1S/C19H30N6S.HI/c1-3-18-23-22-15-25(18)13-10-21-19(24-11-7-16(2)8-12-24)20-9-6-17-5-4-14-26-17;/h4-5,14-16H,3,6-13H2,1-2H3,(H,20,21);1H. The third-order valence-corrected chi connectivity index (χ3v) is 5.87. The quantitative estimate of drug-likeness (QED) is 0.358. The number of nitrogens with zero attached hydrogens (tertiary/aromatic N) is 5. The molecular formula is C19H31IN6S. The van der Waals surface area contributed by atoms with Crippen LogP contribution in [0.15, 0.2) is 28.8 Å². The lowest BCUT2D eigenvalue weighted by molar-refractivity contribution is 0.273. The Morgan fingerprint density at radius 2 is 2.19 bits per heavy atom. The molecule has 0 unspecified atom stereocenters. The first kappa shape index (κ1) is 22.1. The summed E-state index contributed by atoms with van der Waals surface area (Å²) in [4.78, 5) is 8.72. The molecule has 0 saturated carbocycles. The molecule has 3 rings (SSSR count). The second kappa shape index (κ2) is 11.6. The summed E-state index contributed by atoms with van der Waals surface area (Å²) in [6.45, 7) is 9.19. The molecule has 0 radical (unpaired) electrons. The van der Waals surface area contributed by atoms with Crippen molar-refractivity contribution >= 4 is 41.3 Å². The number of thiophene rings is 1. The van der Waals surface area contributed by atoms with Crippen LogP contribution in [0.1, 0.15) is 37.4 Å². The van der Waals surface area contributed by atoms with Crippen LogP contribution in [-0.2, 0) is 19.4 Å². The van der Waals surface area contributed by atoms with Crippen LogP contribution < -0.4 is 5.32 Å². The molecule has 1 saturated heterocycles. The van der Waals surface area contributed by atoms with E-state index in [0.717, 1.165) is 63.3 Å². The minimum absolute atomic E-state index is 0. The van der Waals surface area contributed by atoms with Gasteiger partial charge in [0.1, 0.15) is 12.2 Å². The molecule has 27 heavy (non-hydrogen) atoms. The van der Waals surface area contributed by atoms with Crippen molar-refractivity contribution in [1.82, 2.24) is 25.0 Å². The normalized spacial score (nSPS) is 15.6. The van der Waals surface area contributed by atoms with Crippen molar-refractivity contribution in [2.75, 3.05) is 26.2 Å². The van der Waals surface area contributed by atoms with Gasteiger partial charge in [-0.25, -0.2) is 0 Å². The maximum Gasteiger partial charge on any atom is 0.193 e. The first-order chi connectivity index (χ1) is 12.8. The van der Waals surface area contributed by atoms with E-state index in [1.165, 1.54) is 17.7 Å². The van der Waals surface area contributed by atoms with Gasteiger partial charge in [0.05, 0.1) is 0 Å². The number of hydrogen-bond donors (Lipinski definition) is 1. The second-order valence-electron chi connectivity index (χ2n) is 6.93. The fourth-order valence-corrected chi connectivity index (χ4v) is 3.94. The molecule has 0 aromatic carbocycles. The van der Waals surface area contributed by atoms with Gasteiger partial charge in [-0.05, 0) is 30.2 Å². The predicted octanol–water partition coefficient (Wildman–Crippen LogP) is 3.44. The van der Waals surface area contributed by atoms with E-state index in [4.69, 9.17) is 4.99 Å².